The van der Waals surface area contributed by atoms with Crippen molar-refractivity contribution in [2.45, 2.75) is 84.5 Å². The van der Waals surface area contributed by atoms with Gasteiger partial charge in [0.1, 0.15) is 0 Å². The number of carbonyl (C=O) groups excluding carboxylic acids is 2. The number of unbranched alkanes of at least 4 members (excludes halogenated alkanes) is 6. The zero-order valence-corrected chi connectivity index (χ0v) is 16.5. The Morgan fingerprint density at radius 1 is 0.885 bits per heavy atom. The van der Waals surface area contributed by atoms with E-state index >= 15 is 0 Å². The highest BCUT2D eigenvalue weighted by Gasteiger charge is 2.08. The number of benzene rings is 1. The molecule has 1 rings (SSSR count). The number of rotatable bonds is 14. The van der Waals surface area contributed by atoms with Gasteiger partial charge in [-0.3, -0.25) is 9.59 Å². The summed E-state index contributed by atoms with van der Waals surface area (Å²) in [5.41, 5.74) is 1.98. The van der Waals surface area contributed by atoms with E-state index in [1.165, 1.54) is 32.1 Å². The average molecular weight is 362 g/mol. The number of amides is 1. The van der Waals surface area contributed by atoms with E-state index in [4.69, 9.17) is 4.74 Å². The van der Waals surface area contributed by atoms with Crippen molar-refractivity contribution < 1.29 is 14.3 Å². The Morgan fingerprint density at radius 3 is 2.31 bits per heavy atom. The van der Waals surface area contributed by atoms with Gasteiger partial charge in [0.05, 0.1) is 6.61 Å². The van der Waals surface area contributed by atoms with Crippen LogP contribution in [0.15, 0.2) is 24.3 Å². The van der Waals surface area contributed by atoms with Gasteiger partial charge in [-0.2, -0.15) is 0 Å². The van der Waals surface area contributed by atoms with Gasteiger partial charge in [0.25, 0.3) is 0 Å². The van der Waals surface area contributed by atoms with Crippen molar-refractivity contribution in [3.63, 3.8) is 0 Å². The third-order valence-corrected chi connectivity index (χ3v) is 4.47. The molecule has 0 unspecified atom stereocenters. The molecule has 0 heterocycles. The lowest BCUT2D eigenvalue weighted by atomic mass is 10.1. The first-order valence-corrected chi connectivity index (χ1v) is 10.2. The third-order valence-electron chi connectivity index (χ3n) is 4.47. The molecule has 1 amide bonds. The largest absolute Gasteiger partial charge is 0.466 e. The molecule has 1 aromatic carbocycles. The highest BCUT2D eigenvalue weighted by Crippen LogP contribution is 2.16. The maximum Gasteiger partial charge on any atom is 0.305 e. The van der Waals surface area contributed by atoms with Crippen LogP contribution in [0.2, 0.25) is 0 Å². The molecule has 0 aliphatic heterocycles. The second-order valence-corrected chi connectivity index (χ2v) is 6.75. The number of anilines is 1. The molecular weight excluding hydrogens is 326 g/mol. The van der Waals surface area contributed by atoms with Crippen LogP contribution in [-0.2, 0) is 20.7 Å². The lowest BCUT2D eigenvalue weighted by Crippen LogP contribution is -2.14. The van der Waals surface area contributed by atoms with E-state index in [2.05, 4.69) is 19.2 Å². The highest BCUT2D eigenvalue weighted by atomic mass is 16.5. The summed E-state index contributed by atoms with van der Waals surface area (Å²) in [6.07, 6.45) is 10.5. The first-order valence-electron chi connectivity index (χ1n) is 10.2. The fraction of sp³-hybridized carbons (Fsp3) is 0.636. The van der Waals surface area contributed by atoms with Gasteiger partial charge < -0.3 is 10.1 Å². The molecule has 0 atom stereocenters. The number of aryl methyl sites for hydroxylation is 1. The van der Waals surface area contributed by atoms with Crippen LogP contribution in [-0.4, -0.2) is 18.5 Å². The third kappa shape index (κ3) is 10.2. The van der Waals surface area contributed by atoms with E-state index in [-0.39, 0.29) is 11.9 Å². The minimum absolute atomic E-state index is 0.0502. The van der Waals surface area contributed by atoms with Crippen LogP contribution in [0.5, 0.6) is 0 Å². The summed E-state index contributed by atoms with van der Waals surface area (Å²) in [5.74, 6) is -0.247. The van der Waals surface area contributed by atoms with E-state index < -0.39 is 0 Å². The van der Waals surface area contributed by atoms with Crippen molar-refractivity contribution in [3.8, 4) is 0 Å². The molecule has 4 heteroatoms. The van der Waals surface area contributed by atoms with Crippen LogP contribution in [0.3, 0.4) is 0 Å². The fourth-order valence-corrected chi connectivity index (χ4v) is 2.87. The Bertz CT molecular complexity index is 528. The van der Waals surface area contributed by atoms with E-state index in [1.54, 1.807) is 0 Å². The molecule has 4 nitrogen and oxygen atoms in total. The van der Waals surface area contributed by atoms with Gasteiger partial charge in [0.15, 0.2) is 0 Å². The van der Waals surface area contributed by atoms with Gasteiger partial charge >= 0.3 is 5.97 Å². The van der Waals surface area contributed by atoms with E-state index in [1.807, 2.05) is 24.3 Å². The number of ether oxygens (including phenoxy) is 1. The Hall–Kier alpha value is -1.84. The van der Waals surface area contributed by atoms with Crippen molar-refractivity contribution in [2.24, 2.45) is 0 Å². The lowest BCUT2D eigenvalue weighted by Gasteiger charge is -2.09. The number of nitrogens with one attached hydrogen (secondary N) is 1. The molecule has 0 spiro atoms. The minimum Gasteiger partial charge on any atom is -0.466 e. The second kappa shape index (κ2) is 14.3. The van der Waals surface area contributed by atoms with Crippen LogP contribution < -0.4 is 5.32 Å². The molecule has 0 saturated heterocycles. The zero-order chi connectivity index (χ0) is 19.0. The Morgan fingerprint density at radius 2 is 1.58 bits per heavy atom. The topological polar surface area (TPSA) is 55.4 Å². The average Bonchev–Trinajstić information content (AvgIpc) is 2.64. The monoisotopic (exact) mass is 361 g/mol. The van der Waals surface area contributed by atoms with Crippen LogP contribution in [0.4, 0.5) is 5.69 Å². The molecule has 146 valence electrons. The zero-order valence-electron chi connectivity index (χ0n) is 16.5. The van der Waals surface area contributed by atoms with Gasteiger partial charge in [-0.25, -0.2) is 0 Å². The van der Waals surface area contributed by atoms with Gasteiger partial charge in [-0.05, 0) is 30.9 Å². The smallest absolute Gasteiger partial charge is 0.305 e. The molecule has 0 fully saturated rings. The van der Waals surface area contributed by atoms with Crippen LogP contribution in [0.1, 0.15) is 83.6 Å². The van der Waals surface area contributed by atoms with E-state index in [9.17, 15) is 9.59 Å². The molecule has 0 radical (unpaired) electrons. The van der Waals surface area contributed by atoms with Crippen molar-refractivity contribution >= 4 is 17.6 Å². The molecule has 0 aliphatic rings. The quantitative estimate of drug-likeness (QED) is 0.344. The van der Waals surface area contributed by atoms with Crippen LogP contribution in [0.25, 0.3) is 0 Å². The normalized spacial score (nSPS) is 10.5. The minimum atomic E-state index is -0.197. The summed E-state index contributed by atoms with van der Waals surface area (Å²) in [4.78, 5) is 23.7. The number of esters is 1. The summed E-state index contributed by atoms with van der Waals surface area (Å²) in [6, 6.07) is 7.80. The van der Waals surface area contributed by atoms with Gasteiger partial charge in [-0.15, -0.1) is 0 Å². The summed E-state index contributed by atoms with van der Waals surface area (Å²) in [7, 11) is 0. The van der Waals surface area contributed by atoms with Crippen molar-refractivity contribution in [2.75, 3.05) is 11.9 Å². The first kappa shape index (κ1) is 22.2. The van der Waals surface area contributed by atoms with Crippen molar-refractivity contribution in [3.05, 3.63) is 29.8 Å². The van der Waals surface area contributed by atoms with E-state index in [0.717, 1.165) is 30.5 Å². The number of hydrogen-bond acceptors (Lipinski definition) is 3. The maximum atomic E-state index is 12.0. The van der Waals surface area contributed by atoms with Gasteiger partial charge in [-0.1, -0.05) is 70.6 Å². The van der Waals surface area contributed by atoms with E-state index in [0.29, 0.717) is 25.9 Å². The Labute approximate surface area is 158 Å². The van der Waals surface area contributed by atoms with Gasteiger partial charge in [0.2, 0.25) is 5.91 Å². The van der Waals surface area contributed by atoms with Crippen molar-refractivity contribution in [1.29, 1.82) is 0 Å². The molecule has 0 saturated carbocycles. The molecule has 0 bridgehead atoms. The van der Waals surface area contributed by atoms with Crippen LogP contribution >= 0.6 is 0 Å². The fourth-order valence-electron chi connectivity index (χ4n) is 2.87. The molecule has 1 N–H and O–H groups in total. The summed E-state index contributed by atoms with van der Waals surface area (Å²) in [5, 5.41) is 2.92. The first-order chi connectivity index (χ1) is 12.7. The summed E-state index contributed by atoms with van der Waals surface area (Å²) >= 11 is 0. The molecular formula is C22H35NO3. The number of para-hydroxylation sites is 1. The van der Waals surface area contributed by atoms with Gasteiger partial charge in [0, 0.05) is 18.5 Å². The summed E-state index contributed by atoms with van der Waals surface area (Å²) < 4.78 is 5.24. The Balaban J connectivity index is 2.06. The molecule has 0 aromatic heterocycles. The highest BCUT2D eigenvalue weighted by molar-refractivity contribution is 5.91. The standard InChI is InChI=1S/C22H35NO3/c1-3-5-6-7-8-9-12-18-26-22(25)17-13-16-21(24)23-20-15-11-10-14-19(20)4-2/h10-11,14-15H,3-9,12-13,16-18H2,1-2H3,(H,23,24). The predicted octanol–water partition coefficient (Wildman–Crippen LogP) is 5.65. The summed E-state index contributed by atoms with van der Waals surface area (Å²) in [6.45, 7) is 4.78. The van der Waals surface area contributed by atoms with Crippen LogP contribution in [0, 0.1) is 0 Å². The predicted molar refractivity (Wildman–Crippen MR) is 107 cm³/mol. The van der Waals surface area contributed by atoms with Crippen molar-refractivity contribution in [1.82, 2.24) is 0 Å². The Kier molecular flexibility index (Phi) is 12.2. The molecule has 0 aliphatic carbocycles. The number of hydrogen-bond donors (Lipinski definition) is 1. The number of carbonyl (C=O) groups is 2. The second-order valence-electron chi connectivity index (χ2n) is 6.75. The molecule has 26 heavy (non-hydrogen) atoms. The molecule has 1 aromatic rings. The SMILES string of the molecule is CCCCCCCCCOC(=O)CCCC(=O)Nc1ccccc1CC. The maximum absolute atomic E-state index is 12.0. The lowest BCUT2D eigenvalue weighted by molar-refractivity contribution is -0.143.